The Labute approximate surface area is 130 Å². The van der Waals surface area contributed by atoms with Crippen molar-refractivity contribution in [1.82, 2.24) is 0 Å². The molecule has 0 bridgehead atoms. The molecular formula is C14H18F4N2O3. The molecule has 1 aromatic rings. The first-order valence-corrected chi connectivity index (χ1v) is 6.78. The predicted molar refractivity (Wildman–Crippen MR) is 76.3 cm³/mol. The number of hydrogen-bond acceptors (Lipinski definition) is 4. The van der Waals surface area contributed by atoms with Crippen molar-refractivity contribution >= 4 is 5.69 Å². The smallest absolute Gasteiger partial charge is 0.375 e. The molecule has 0 heterocycles. The lowest BCUT2D eigenvalue weighted by atomic mass is 9.84. The Bertz CT molecular complexity index is 531. The molecule has 0 aliphatic carbocycles. The highest BCUT2D eigenvalue weighted by Crippen LogP contribution is 2.35. The Morgan fingerprint density at radius 3 is 2.13 bits per heavy atom. The number of aliphatic hydroxyl groups is 1. The van der Waals surface area contributed by atoms with Gasteiger partial charge in [-0.05, 0) is 19.1 Å². The van der Waals surface area contributed by atoms with Gasteiger partial charge in [-0.1, -0.05) is 18.2 Å². The SMILES string of the molecule is CC(C[C@](C)(O)F)(C(CC(F)(F)F)Nc1ccccc1)[N+](=O)[O-]. The van der Waals surface area contributed by atoms with Gasteiger partial charge in [-0.3, -0.25) is 10.1 Å². The van der Waals surface area contributed by atoms with Crippen LogP contribution >= 0.6 is 0 Å². The highest BCUT2D eigenvalue weighted by atomic mass is 19.4. The zero-order chi connectivity index (χ0) is 17.9. The molecular weight excluding hydrogens is 320 g/mol. The van der Waals surface area contributed by atoms with Crippen LogP contribution in [-0.2, 0) is 0 Å². The first-order valence-electron chi connectivity index (χ1n) is 6.78. The summed E-state index contributed by atoms with van der Waals surface area (Å²) in [5, 5.41) is 23.0. The van der Waals surface area contributed by atoms with E-state index in [4.69, 9.17) is 0 Å². The first-order chi connectivity index (χ1) is 10.3. The van der Waals surface area contributed by atoms with Gasteiger partial charge in [0.1, 0.15) is 6.04 Å². The normalized spacial score (nSPS) is 18.6. The van der Waals surface area contributed by atoms with Crippen molar-refractivity contribution in [3.63, 3.8) is 0 Å². The molecule has 5 nitrogen and oxygen atoms in total. The van der Waals surface area contributed by atoms with Crippen molar-refractivity contribution in [2.45, 2.75) is 50.3 Å². The van der Waals surface area contributed by atoms with E-state index in [1.165, 1.54) is 12.1 Å². The third-order valence-electron chi connectivity index (χ3n) is 3.40. The fourth-order valence-electron chi connectivity index (χ4n) is 2.36. The van der Waals surface area contributed by atoms with E-state index in [1.54, 1.807) is 18.2 Å². The van der Waals surface area contributed by atoms with Gasteiger partial charge in [0.15, 0.2) is 0 Å². The number of anilines is 1. The van der Waals surface area contributed by atoms with E-state index in [0.29, 0.717) is 6.92 Å². The maximum absolute atomic E-state index is 13.5. The third-order valence-corrected chi connectivity index (χ3v) is 3.40. The van der Waals surface area contributed by atoms with Gasteiger partial charge in [-0.2, -0.15) is 13.2 Å². The molecule has 0 spiro atoms. The van der Waals surface area contributed by atoms with Crippen LogP contribution in [0.3, 0.4) is 0 Å². The number of para-hydroxylation sites is 1. The molecule has 0 aliphatic rings. The summed E-state index contributed by atoms with van der Waals surface area (Å²) in [6, 6.07) is 5.84. The molecule has 3 atom stereocenters. The molecule has 0 radical (unpaired) electrons. The van der Waals surface area contributed by atoms with Crippen LogP contribution in [0.5, 0.6) is 0 Å². The summed E-state index contributed by atoms with van der Waals surface area (Å²) in [4.78, 5) is 10.3. The van der Waals surface area contributed by atoms with Gasteiger partial charge in [-0.25, -0.2) is 4.39 Å². The summed E-state index contributed by atoms with van der Waals surface area (Å²) in [6.45, 7) is 1.55. The minimum absolute atomic E-state index is 0.230. The number of nitro groups is 1. The van der Waals surface area contributed by atoms with Crippen molar-refractivity contribution in [2.75, 3.05) is 5.32 Å². The summed E-state index contributed by atoms with van der Waals surface area (Å²) in [5.41, 5.74) is -2.14. The average Bonchev–Trinajstić information content (AvgIpc) is 2.35. The Morgan fingerprint density at radius 1 is 1.22 bits per heavy atom. The number of nitrogens with zero attached hydrogens (tertiary/aromatic N) is 1. The van der Waals surface area contributed by atoms with Crippen LogP contribution < -0.4 is 5.32 Å². The third kappa shape index (κ3) is 6.01. The highest BCUT2D eigenvalue weighted by molar-refractivity contribution is 5.44. The van der Waals surface area contributed by atoms with Gasteiger partial charge in [0.25, 0.3) is 0 Å². The summed E-state index contributed by atoms with van der Waals surface area (Å²) in [6.07, 6.45) is -7.34. The van der Waals surface area contributed by atoms with Gasteiger partial charge in [0.05, 0.1) is 12.8 Å². The van der Waals surface area contributed by atoms with Gasteiger partial charge < -0.3 is 10.4 Å². The Morgan fingerprint density at radius 2 is 1.74 bits per heavy atom. The predicted octanol–water partition coefficient (Wildman–Crippen LogP) is 3.52. The minimum Gasteiger partial charge on any atom is -0.375 e. The van der Waals surface area contributed by atoms with Crippen molar-refractivity contribution in [3.8, 4) is 0 Å². The summed E-state index contributed by atoms with van der Waals surface area (Å²) < 4.78 is 52.0. The fourth-order valence-corrected chi connectivity index (χ4v) is 2.36. The van der Waals surface area contributed by atoms with E-state index in [9.17, 15) is 32.8 Å². The van der Waals surface area contributed by atoms with Crippen LogP contribution in [0.15, 0.2) is 30.3 Å². The largest absolute Gasteiger partial charge is 0.391 e. The van der Waals surface area contributed by atoms with Crippen LogP contribution in [0, 0.1) is 10.1 Å². The molecule has 130 valence electrons. The van der Waals surface area contributed by atoms with Crippen LogP contribution in [0.4, 0.5) is 23.2 Å². The number of benzene rings is 1. The van der Waals surface area contributed by atoms with Crippen LogP contribution in [0.1, 0.15) is 26.7 Å². The van der Waals surface area contributed by atoms with Gasteiger partial charge in [0.2, 0.25) is 11.4 Å². The lowest BCUT2D eigenvalue weighted by Crippen LogP contribution is -2.55. The number of nitrogens with one attached hydrogen (secondary N) is 1. The molecule has 2 unspecified atom stereocenters. The lowest BCUT2D eigenvalue weighted by molar-refractivity contribution is -0.575. The number of rotatable bonds is 7. The molecule has 0 saturated heterocycles. The van der Waals surface area contributed by atoms with Crippen molar-refractivity contribution in [1.29, 1.82) is 0 Å². The van der Waals surface area contributed by atoms with E-state index in [-0.39, 0.29) is 5.69 Å². The second kappa shape index (κ2) is 6.69. The summed E-state index contributed by atoms with van der Waals surface area (Å²) >= 11 is 0. The number of hydrogen-bond donors (Lipinski definition) is 2. The molecule has 0 saturated carbocycles. The lowest BCUT2D eigenvalue weighted by Gasteiger charge is -2.34. The summed E-state index contributed by atoms with van der Waals surface area (Å²) in [7, 11) is 0. The molecule has 0 aromatic heterocycles. The molecule has 0 fully saturated rings. The Kier molecular flexibility index (Phi) is 5.57. The summed E-state index contributed by atoms with van der Waals surface area (Å²) in [5.74, 6) is -2.98. The molecule has 9 heteroatoms. The van der Waals surface area contributed by atoms with Crippen molar-refractivity contribution < 1.29 is 27.6 Å². The Balaban J connectivity index is 3.20. The quantitative estimate of drug-likeness (QED) is 0.453. The van der Waals surface area contributed by atoms with Crippen LogP contribution in [-0.4, -0.2) is 33.6 Å². The standard InChI is InChI=1S/C14H18F4N2O3/c1-12(20(22)23,9-13(2,15)21)11(8-14(16,17)18)19-10-6-4-3-5-7-10/h3-7,11,19,21H,8-9H2,1-2H3/t11?,12?,13-/m0/s1. The number of alkyl halides is 4. The molecule has 0 amide bonds. The van der Waals surface area contributed by atoms with Gasteiger partial charge in [-0.15, -0.1) is 0 Å². The maximum Gasteiger partial charge on any atom is 0.391 e. The first kappa shape index (κ1) is 19.1. The van der Waals surface area contributed by atoms with E-state index < -0.39 is 41.4 Å². The maximum atomic E-state index is 13.5. The van der Waals surface area contributed by atoms with Crippen LogP contribution in [0.2, 0.25) is 0 Å². The van der Waals surface area contributed by atoms with E-state index in [1.807, 2.05) is 0 Å². The molecule has 0 aliphatic heterocycles. The second-order valence-electron chi connectivity index (χ2n) is 5.82. The molecule has 1 rings (SSSR count). The van der Waals surface area contributed by atoms with E-state index in [0.717, 1.165) is 6.92 Å². The monoisotopic (exact) mass is 338 g/mol. The fraction of sp³-hybridized carbons (Fsp3) is 0.571. The molecule has 2 N–H and O–H groups in total. The number of halogens is 4. The van der Waals surface area contributed by atoms with Gasteiger partial charge in [0, 0.05) is 17.5 Å². The van der Waals surface area contributed by atoms with Gasteiger partial charge >= 0.3 is 6.18 Å². The van der Waals surface area contributed by atoms with E-state index >= 15 is 0 Å². The zero-order valence-electron chi connectivity index (χ0n) is 12.6. The minimum atomic E-state index is -4.70. The average molecular weight is 338 g/mol. The second-order valence-corrected chi connectivity index (χ2v) is 5.82. The molecule has 1 aromatic carbocycles. The highest BCUT2D eigenvalue weighted by Gasteiger charge is 2.54. The van der Waals surface area contributed by atoms with Crippen molar-refractivity contribution in [3.05, 3.63) is 40.4 Å². The van der Waals surface area contributed by atoms with Crippen molar-refractivity contribution in [2.24, 2.45) is 0 Å². The van der Waals surface area contributed by atoms with E-state index in [2.05, 4.69) is 5.32 Å². The molecule has 23 heavy (non-hydrogen) atoms. The topological polar surface area (TPSA) is 75.4 Å². The Hall–Kier alpha value is -1.90. The van der Waals surface area contributed by atoms with Crippen LogP contribution in [0.25, 0.3) is 0 Å². The zero-order valence-corrected chi connectivity index (χ0v) is 12.6.